The molecule has 3 aromatic rings. The zero-order chi connectivity index (χ0) is 19.7. The van der Waals surface area contributed by atoms with Crippen molar-refractivity contribution in [2.24, 2.45) is 14.1 Å². The lowest BCUT2D eigenvalue weighted by Gasteiger charge is -2.15. The van der Waals surface area contributed by atoms with Crippen molar-refractivity contribution >= 4 is 34.2 Å². The average molecular weight is 389 g/mol. The van der Waals surface area contributed by atoms with Gasteiger partial charge in [0.25, 0.3) is 11.5 Å². The second-order valence-corrected chi connectivity index (χ2v) is 6.44. The minimum atomic E-state index is -0.787. The van der Waals surface area contributed by atoms with Crippen LogP contribution in [0.3, 0.4) is 0 Å². The highest BCUT2D eigenvalue weighted by Gasteiger charge is 2.16. The van der Waals surface area contributed by atoms with Crippen molar-refractivity contribution in [1.82, 2.24) is 14.1 Å². The molecule has 27 heavy (non-hydrogen) atoms. The van der Waals surface area contributed by atoms with Gasteiger partial charge in [-0.1, -0.05) is 11.6 Å². The number of nitrogens with zero attached hydrogens (tertiary/aromatic N) is 3. The summed E-state index contributed by atoms with van der Waals surface area (Å²) in [6, 6.07) is 8.13. The van der Waals surface area contributed by atoms with Gasteiger partial charge in [0.1, 0.15) is 11.4 Å². The number of carbonyl (C=O) groups is 1. The molecule has 0 radical (unpaired) electrons. The van der Waals surface area contributed by atoms with E-state index in [1.165, 1.54) is 30.9 Å². The number of halogens is 1. The molecule has 0 fully saturated rings. The van der Waals surface area contributed by atoms with Gasteiger partial charge in [-0.15, -0.1) is 0 Å². The lowest BCUT2D eigenvalue weighted by Crippen LogP contribution is -2.37. The summed E-state index contributed by atoms with van der Waals surface area (Å²) in [6.45, 7) is 1.60. The van der Waals surface area contributed by atoms with E-state index in [1.54, 1.807) is 31.2 Å². The molecule has 1 unspecified atom stereocenters. The lowest BCUT2D eigenvalue weighted by molar-refractivity contribution is -0.122. The van der Waals surface area contributed by atoms with Gasteiger partial charge in [-0.25, -0.2) is 9.78 Å². The van der Waals surface area contributed by atoms with E-state index in [0.29, 0.717) is 16.5 Å². The largest absolute Gasteiger partial charge is 0.481 e. The summed E-state index contributed by atoms with van der Waals surface area (Å²) >= 11 is 5.82. The first kappa shape index (κ1) is 18.7. The smallest absolute Gasteiger partial charge is 0.332 e. The molecule has 1 atom stereocenters. The zero-order valence-corrected chi connectivity index (χ0v) is 15.6. The third kappa shape index (κ3) is 3.70. The van der Waals surface area contributed by atoms with Crippen molar-refractivity contribution < 1.29 is 9.53 Å². The number of anilines is 1. The molecule has 2 heterocycles. The molecule has 1 amide bonds. The summed E-state index contributed by atoms with van der Waals surface area (Å²) in [6.07, 6.45) is 0.596. The number of carbonyl (C=O) groups excluding carboxylic acids is 1. The summed E-state index contributed by atoms with van der Waals surface area (Å²) in [7, 11) is 2.91. The van der Waals surface area contributed by atoms with E-state index < -0.39 is 23.3 Å². The van der Waals surface area contributed by atoms with Gasteiger partial charge >= 0.3 is 5.69 Å². The summed E-state index contributed by atoms with van der Waals surface area (Å²) in [4.78, 5) is 40.7. The Morgan fingerprint density at radius 1 is 1.19 bits per heavy atom. The van der Waals surface area contributed by atoms with Crippen LogP contribution < -0.4 is 21.3 Å². The molecule has 0 saturated carbocycles. The Balaban J connectivity index is 1.83. The Morgan fingerprint density at radius 2 is 1.85 bits per heavy atom. The normalized spacial score (nSPS) is 12.0. The van der Waals surface area contributed by atoms with Crippen LogP contribution in [0.15, 0.2) is 46.1 Å². The Labute approximate surface area is 159 Å². The van der Waals surface area contributed by atoms with Crippen molar-refractivity contribution in [3.05, 3.63) is 62.4 Å². The first-order chi connectivity index (χ1) is 12.8. The molecular weight excluding hydrogens is 372 g/mol. The van der Waals surface area contributed by atoms with Crippen molar-refractivity contribution in [2.45, 2.75) is 13.0 Å². The molecule has 0 aliphatic rings. The Hall–Kier alpha value is -3.13. The Morgan fingerprint density at radius 3 is 2.52 bits per heavy atom. The molecule has 0 aliphatic heterocycles. The fourth-order valence-electron chi connectivity index (χ4n) is 2.55. The second kappa shape index (κ2) is 7.24. The van der Waals surface area contributed by atoms with Crippen LogP contribution in [0, 0.1) is 0 Å². The Bertz CT molecular complexity index is 1140. The van der Waals surface area contributed by atoms with Crippen molar-refractivity contribution in [3.63, 3.8) is 0 Å². The molecular formula is C18H17ClN4O4. The third-order valence-corrected chi connectivity index (χ3v) is 4.31. The maximum Gasteiger partial charge on any atom is 0.332 e. The fraction of sp³-hybridized carbons (Fsp3) is 0.222. The number of nitrogens with one attached hydrogen (secondary N) is 1. The summed E-state index contributed by atoms with van der Waals surface area (Å²) in [5.74, 6) is 0.0929. The fourth-order valence-corrected chi connectivity index (χ4v) is 2.67. The van der Waals surface area contributed by atoms with Crippen LogP contribution in [0.5, 0.6) is 5.75 Å². The SMILES string of the molecule is CC(Oc1ccc(Cl)cc1)C(=O)Nc1cnc2c(c1)c(=O)n(C)c(=O)n2C. The maximum absolute atomic E-state index is 12.4. The molecule has 1 N–H and O–H groups in total. The highest BCUT2D eigenvalue weighted by Crippen LogP contribution is 2.18. The molecule has 140 valence electrons. The number of benzene rings is 1. The minimum absolute atomic E-state index is 0.226. The predicted octanol–water partition coefficient (Wildman–Crippen LogP) is 1.69. The van der Waals surface area contributed by atoms with Crippen LogP contribution in [-0.4, -0.2) is 26.1 Å². The van der Waals surface area contributed by atoms with Crippen LogP contribution in [0.1, 0.15) is 6.92 Å². The number of aromatic nitrogens is 3. The number of hydrogen-bond acceptors (Lipinski definition) is 5. The molecule has 8 nitrogen and oxygen atoms in total. The number of pyridine rings is 1. The molecule has 1 aromatic carbocycles. The number of fused-ring (bicyclic) bond motifs is 1. The van der Waals surface area contributed by atoms with Gasteiger partial charge in [-0.05, 0) is 37.3 Å². The van der Waals surface area contributed by atoms with Crippen molar-refractivity contribution in [1.29, 1.82) is 0 Å². The van der Waals surface area contributed by atoms with Gasteiger partial charge in [0.15, 0.2) is 6.10 Å². The second-order valence-electron chi connectivity index (χ2n) is 6.00. The number of ether oxygens (including phenoxy) is 1. The van der Waals surface area contributed by atoms with E-state index in [9.17, 15) is 14.4 Å². The topological polar surface area (TPSA) is 95.2 Å². The van der Waals surface area contributed by atoms with Gasteiger partial charge in [0.05, 0.1) is 17.3 Å². The number of rotatable bonds is 4. The van der Waals surface area contributed by atoms with Crippen molar-refractivity contribution in [3.8, 4) is 5.75 Å². The maximum atomic E-state index is 12.4. The van der Waals surface area contributed by atoms with Gasteiger partial charge < -0.3 is 10.1 Å². The van der Waals surface area contributed by atoms with E-state index in [0.717, 1.165) is 4.57 Å². The number of aryl methyl sites for hydroxylation is 1. The first-order valence-electron chi connectivity index (χ1n) is 8.07. The monoisotopic (exact) mass is 388 g/mol. The first-order valence-corrected chi connectivity index (χ1v) is 8.44. The third-order valence-electron chi connectivity index (χ3n) is 4.06. The van der Waals surface area contributed by atoms with E-state index >= 15 is 0 Å². The standard InChI is InChI=1S/C18H17ClN4O4/c1-10(27-13-6-4-11(19)5-7-13)16(24)21-12-8-14-15(20-9-12)22(2)18(26)23(3)17(14)25/h4-10H,1-3H3,(H,21,24). The highest BCUT2D eigenvalue weighted by atomic mass is 35.5. The van der Waals surface area contributed by atoms with E-state index in [-0.39, 0.29) is 11.0 Å². The van der Waals surface area contributed by atoms with E-state index in [2.05, 4.69) is 10.3 Å². The Kier molecular flexibility index (Phi) is 5.00. The van der Waals surface area contributed by atoms with E-state index in [4.69, 9.17) is 16.3 Å². The number of hydrogen-bond donors (Lipinski definition) is 1. The minimum Gasteiger partial charge on any atom is -0.481 e. The molecule has 0 aliphatic carbocycles. The summed E-state index contributed by atoms with van der Waals surface area (Å²) in [5.41, 5.74) is -0.384. The zero-order valence-electron chi connectivity index (χ0n) is 14.9. The van der Waals surface area contributed by atoms with Gasteiger partial charge in [-0.3, -0.25) is 18.7 Å². The van der Waals surface area contributed by atoms with Crippen molar-refractivity contribution in [2.75, 3.05) is 5.32 Å². The molecule has 0 spiro atoms. The van der Waals surface area contributed by atoms with Crippen LogP contribution in [0.4, 0.5) is 5.69 Å². The highest BCUT2D eigenvalue weighted by molar-refractivity contribution is 6.30. The summed E-state index contributed by atoms with van der Waals surface area (Å²) in [5, 5.41) is 3.45. The van der Waals surface area contributed by atoms with Gasteiger partial charge in [0.2, 0.25) is 0 Å². The van der Waals surface area contributed by atoms with Crippen LogP contribution in [0.2, 0.25) is 5.02 Å². The van der Waals surface area contributed by atoms with Gasteiger partial charge in [-0.2, -0.15) is 0 Å². The quantitative estimate of drug-likeness (QED) is 0.733. The molecule has 0 bridgehead atoms. The molecule has 3 rings (SSSR count). The van der Waals surface area contributed by atoms with Crippen LogP contribution in [0.25, 0.3) is 11.0 Å². The van der Waals surface area contributed by atoms with E-state index in [1.807, 2.05) is 0 Å². The average Bonchev–Trinajstić information content (AvgIpc) is 2.66. The molecule has 9 heteroatoms. The lowest BCUT2D eigenvalue weighted by atomic mass is 10.2. The predicted molar refractivity (Wildman–Crippen MR) is 102 cm³/mol. The van der Waals surface area contributed by atoms with Gasteiger partial charge in [0, 0.05) is 19.1 Å². The molecule has 0 saturated heterocycles. The number of amides is 1. The van der Waals surface area contributed by atoms with Crippen LogP contribution >= 0.6 is 11.6 Å². The molecule has 2 aromatic heterocycles. The summed E-state index contributed by atoms with van der Waals surface area (Å²) < 4.78 is 7.83. The van der Waals surface area contributed by atoms with Crippen LogP contribution in [-0.2, 0) is 18.9 Å².